The number of hydrogen-bond donors (Lipinski definition) is 3. The highest BCUT2D eigenvalue weighted by Gasteiger charge is 2.09. The maximum absolute atomic E-state index is 5.48. The van der Waals surface area contributed by atoms with Gasteiger partial charge >= 0.3 is 0 Å². The Morgan fingerprint density at radius 2 is 2.00 bits per heavy atom. The van der Waals surface area contributed by atoms with E-state index in [2.05, 4.69) is 25.7 Å². The number of rotatable bonds is 6. The highest BCUT2D eigenvalue weighted by molar-refractivity contribution is 5.56. The van der Waals surface area contributed by atoms with E-state index in [1.54, 1.807) is 6.20 Å². The van der Waals surface area contributed by atoms with E-state index in [1.807, 2.05) is 32.0 Å². The van der Waals surface area contributed by atoms with Crippen LogP contribution in [0.2, 0.25) is 0 Å². The molecule has 6 nitrogen and oxygen atoms in total. The Morgan fingerprint density at radius 1 is 1.20 bits per heavy atom. The molecule has 6 heteroatoms. The van der Waals surface area contributed by atoms with Crippen LogP contribution in [0.4, 0.5) is 11.6 Å². The summed E-state index contributed by atoms with van der Waals surface area (Å²) in [4.78, 5) is 13.1. The topological polar surface area (TPSA) is 88.8 Å². The van der Waals surface area contributed by atoms with Crippen LogP contribution in [0.1, 0.15) is 24.0 Å². The monoisotopic (exact) mass is 272 g/mol. The second kappa shape index (κ2) is 6.81. The minimum Gasteiger partial charge on any atom is -0.369 e. The summed E-state index contributed by atoms with van der Waals surface area (Å²) in [7, 11) is 0. The number of hydrogen-bond acceptors (Lipinski definition) is 6. The fraction of sp³-hybridized carbons (Fsp3) is 0.357. The Kier molecular flexibility index (Phi) is 4.84. The summed E-state index contributed by atoms with van der Waals surface area (Å²) in [5.41, 5.74) is 4.59. The van der Waals surface area contributed by atoms with E-state index in [0.29, 0.717) is 5.82 Å². The molecule has 2 heterocycles. The molecule has 0 bridgehead atoms. The van der Waals surface area contributed by atoms with E-state index in [-0.39, 0.29) is 0 Å². The Hall–Kier alpha value is -2.21. The third-order valence-electron chi connectivity index (χ3n) is 3.04. The molecule has 4 N–H and O–H groups in total. The van der Waals surface area contributed by atoms with Gasteiger partial charge in [-0.3, -0.25) is 4.98 Å². The Bertz CT molecular complexity index is 555. The molecule has 0 fully saturated rings. The van der Waals surface area contributed by atoms with E-state index >= 15 is 0 Å². The van der Waals surface area contributed by atoms with Crippen molar-refractivity contribution >= 4 is 11.6 Å². The lowest BCUT2D eigenvalue weighted by Gasteiger charge is -2.13. The van der Waals surface area contributed by atoms with Gasteiger partial charge in [0, 0.05) is 36.8 Å². The van der Waals surface area contributed by atoms with Gasteiger partial charge in [-0.2, -0.15) is 0 Å². The lowest BCUT2D eigenvalue weighted by atomic mass is 10.2. The van der Waals surface area contributed by atoms with Gasteiger partial charge in [-0.05, 0) is 19.1 Å². The average Bonchev–Trinajstić information content (AvgIpc) is 2.50. The quantitative estimate of drug-likeness (QED) is 0.547. The molecule has 2 aromatic heterocycles. The van der Waals surface area contributed by atoms with Gasteiger partial charge in [0.2, 0.25) is 0 Å². The van der Waals surface area contributed by atoms with Gasteiger partial charge in [0.05, 0.1) is 0 Å². The second-order valence-electron chi connectivity index (χ2n) is 4.46. The molecule has 0 aliphatic rings. The number of hydrazine groups is 1. The zero-order valence-corrected chi connectivity index (χ0v) is 11.8. The summed E-state index contributed by atoms with van der Waals surface area (Å²) >= 11 is 0. The van der Waals surface area contributed by atoms with Gasteiger partial charge in [-0.1, -0.05) is 13.0 Å². The van der Waals surface area contributed by atoms with Crippen LogP contribution in [0.3, 0.4) is 0 Å². The predicted molar refractivity (Wildman–Crippen MR) is 80.4 cm³/mol. The molecule has 0 radical (unpaired) electrons. The summed E-state index contributed by atoms with van der Waals surface area (Å²) in [5, 5.41) is 3.32. The van der Waals surface area contributed by atoms with E-state index in [9.17, 15) is 0 Å². The van der Waals surface area contributed by atoms with Crippen LogP contribution in [0.25, 0.3) is 0 Å². The molecule has 2 rings (SSSR count). The first-order valence-electron chi connectivity index (χ1n) is 6.72. The van der Waals surface area contributed by atoms with Gasteiger partial charge in [0.25, 0.3) is 0 Å². The Labute approximate surface area is 118 Å². The van der Waals surface area contributed by atoms with Gasteiger partial charge < -0.3 is 10.7 Å². The molecule has 106 valence electrons. The van der Waals surface area contributed by atoms with Crippen molar-refractivity contribution in [3.8, 4) is 0 Å². The third-order valence-corrected chi connectivity index (χ3v) is 3.04. The number of aromatic nitrogens is 3. The van der Waals surface area contributed by atoms with Crippen LogP contribution in [-0.4, -0.2) is 21.5 Å². The lowest BCUT2D eigenvalue weighted by Crippen LogP contribution is -2.16. The number of anilines is 2. The number of nitrogen functional groups attached to an aromatic ring is 1. The summed E-state index contributed by atoms with van der Waals surface area (Å²) in [6.07, 6.45) is 3.41. The molecule has 2 aromatic rings. The average molecular weight is 272 g/mol. The minimum absolute atomic E-state index is 0.664. The SMILES string of the molecule is CCc1nc(NN)c(C)c(NCCc2ccccn2)n1. The maximum atomic E-state index is 5.48. The van der Waals surface area contributed by atoms with Crippen LogP contribution in [0.5, 0.6) is 0 Å². The largest absolute Gasteiger partial charge is 0.369 e. The number of aryl methyl sites for hydroxylation is 1. The van der Waals surface area contributed by atoms with Crippen molar-refractivity contribution < 1.29 is 0 Å². The molecule has 0 saturated heterocycles. The summed E-state index contributed by atoms with van der Waals surface area (Å²) in [6.45, 7) is 4.72. The van der Waals surface area contributed by atoms with Crippen LogP contribution < -0.4 is 16.6 Å². The van der Waals surface area contributed by atoms with Gasteiger partial charge in [0.15, 0.2) is 0 Å². The molecule has 0 atom stereocenters. The van der Waals surface area contributed by atoms with Crippen molar-refractivity contribution in [1.29, 1.82) is 0 Å². The molecule has 0 saturated carbocycles. The van der Waals surface area contributed by atoms with E-state index in [0.717, 1.165) is 42.3 Å². The van der Waals surface area contributed by atoms with Gasteiger partial charge in [-0.25, -0.2) is 15.8 Å². The maximum Gasteiger partial charge on any atom is 0.148 e. The number of pyridine rings is 1. The zero-order valence-electron chi connectivity index (χ0n) is 11.8. The highest BCUT2D eigenvalue weighted by atomic mass is 15.3. The first-order valence-corrected chi connectivity index (χ1v) is 6.72. The van der Waals surface area contributed by atoms with Crippen LogP contribution in [0.15, 0.2) is 24.4 Å². The fourth-order valence-corrected chi connectivity index (χ4v) is 1.89. The first kappa shape index (κ1) is 14.2. The van der Waals surface area contributed by atoms with Crippen molar-refractivity contribution in [2.24, 2.45) is 5.84 Å². The van der Waals surface area contributed by atoms with Crippen LogP contribution in [0, 0.1) is 6.92 Å². The van der Waals surface area contributed by atoms with Crippen LogP contribution in [-0.2, 0) is 12.8 Å². The molecular formula is C14H20N6. The van der Waals surface area contributed by atoms with E-state index < -0.39 is 0 Å². The first-order chi connectivity index (χ1) is 9.74. The minimum atomic E-state index is 0.664. The van der Waals surface area contributed by atoms with Crippen molar-refractivity contribution in [2.45, 2.75) is 26.7 Å². The molecule has 0 aliphatic carbocycles. The standard InChI is InChI=1S/C14H20N6/c1-3-12-18-13(10(2)14(19-12)20-15)17-9-7-11-6-4-5-8-16-11/h4-6,8H,3,7,9,15H2,1-2H3,(H2,17,18,19,20). The number of nitrogens with zero attached hydrogens (tertiary/aromatic N) is 3. The second-order valence-corrected chi connectivity index (χ2v) is 4.46. The molecule has 0 unspecified atom stereocenters. The normalized spacial score (nSPS) is 10.3. The lowest BCUT2D eigenvalue weighted by molar-refractivity contribution is 0.905. The molecule has 0 spiro atoms. The number of nitrogens with two attached hydrogens (primary N) is 1. The third kappa shape index (κ3) is 3.42. The predicted octanol–water partition coefficient (Wildman–Crippen LogP) is 1.68. The highest BCUT2D eigenvalue weighted by Crippen LogP contribution is 2.19. The van der Waals surface area contributed by atoms with Gasteiger partial charge in [-0.15, -0.1) is 0 Å². The summed E-state index contributed by atoms with van der Waals surface area (Å²) in [5.74, 6) is 7.74. The zero-order chi connectivity index (χ0) is 14.4. The fourth-order valence-electron chi connectivity index (χ4n) is 1.89. The smallest absolute Gasteiger partial charge is 0.148 e. The summed E-state index contributed by atoms with van der Waals surface area (Å²) < 4.78 is 0. The summed E-state index contributed by atoms with van der Waals surface area (Å²) in [6, 6.07) is 5.92. The van der Waals surface area contributed by atoms with E-state index in [4.69, 9.17) is 5.84 Å². The Morgan fingerprint density at radius 3 is 2.65 bits per heavy atom. The van der Waals surface area contributed by atoms with Crippen molar-refractivity contribution in [2.75, 3.05) is 17.3 Å². The molecule has 0 aliphatic heterocycles. The molecular weight excluding hydrogens is 252 g/mol. The van der Waals surface area contributed by atoms with Crippen molar-refractivity contribution in [3.63, 3.8) is 0 Å². The number of nitrogens with one attached hydrogen (secondary N) is 2. The Balaban J connectivity index is 2.05. The van der Waals surface area contributed by atoms with Crippen molar-refractivity contribution in [3.05, 3.63) is 41.5 Å². The van der Waals surface area contributed by atoms with E-state index in [1.165, 1.54) is 0 Å². The molecule has 0 aromatic carbocycles. The van der Waals surface area contributed by atoms with Crippen LogP contribution >= 0.6 is 0 Å². The molecule has 0 amide bonds. The molecule has 20 heavy (non-hydrogen) atoms. The van der Waals surface area contributed by atoms with Gasteiger partial charge in [0.1, 0.15) is 17.5 Å². The van der Waals surface area contributed by atoms with Crippen molar-refractivity contribution in [1.82, 2.24) is 15.0 Å².